The fourth-order valence-electron chi connectivity index (χ4n) is 3.45. The highest BCUT2D eigenvalue weighted by Gasteiger charge is 2.19. The topological polar surface area (TPSA) is 84.1 Å². The van der Waals surface area contributed by atoms with E-state index in [2.05, 4.69) is 15.0 Å². The van der Waals surface area contributed by atoms with Crippen molar-refractivity contribution < 1.29 is 0 Å². The monoisotopic (exact) mass is 398 g/mol. The average Bonchev–Trinajstić information content (AvgIpc) is 3.06. The smallest absolute Gasteiger partial charge is 0.259 e. The molecule has 0 fully saturated rings. The highest BCUT2D eigenvalue weighted by molar-refractivity contribution is 8.13. The minimum atomic E-state index is -0.0248. The molecule has 1 aliphatic rings. The molecule has 7 heteroatoms. The molecule has 2 heterocycles. The Bertz CT molecular complexity index is 1040. The van der Waals surface area contributed by atoms with Crippen LogP contribution in [0.2, 0.25) is 0 Å². The number of thioether (sulfide) groups is 1. The number of aryl methyl sites for hydroxylation is 2. The van der Waals surface area contributed by atoms with Crippen LogP contribution in [0.3, 0.4) is 0 Å². The fourth-order valence-corrected chi connectivity index (χ4v) is 5.39. The summed E-state index contributed by atoms with van der Waals surface area (Å²) in [4.78, 5) is 26.9. The van der Waals surface area contributed by atoms with Crippen LogP contribution in [0.25, 0.3) is 10.2 Å². The van der Waals surface area contributed by atoms with Gasteiger partial charge in [-0.2, -0.15) is 0 Å². The summed E-state index contributed by atoms with van der Waals surface area (Å²) in [7, 11) is 0. The van der Waals surface area contributed by atoms with Gasteiger partial charge in [0.05, 0.1) is 17.2 Å². The van der Waals surface area contributed by atoms with Gasteiger partial charge >= 0.3 is 0 Å². The molecule has 3 N–H and O–H groups in total. The third-order valence-electron chi connectivity index (χ3n) is 4.83. The van der Waals surface area contributed by atoms with Gasteiger partial charge in [0, 0.05) is 4.88 Å². The SMILES string of the molecule is C[C@@H](N=C(N)SCc1nc2sc3c(c2c(=O)[nH]1)CCCC3)c1ccccc1. The van der Waals surface area contributed by atoms with Gasteiger partial charge in [-0.15, -0.1) is 11.3 Å². The lowest BCUT2D eigenvalue weighted by Gasteiger charge is -2.09. The van der Waals surface area contributed by atoms with E-state index in [-0.39, 0.29) is 11.6 Å². The molecule has 1 aliphatic carbocycles. The highest BCUT2D eigenvalue weighted by Crippen LogP contribution is 2.33. The minimum absolute atomic E-state index is 0.00258. The molecule has 2 aromatic heterocycles. The summed E-state index contributed by atoms with van der Waals surface area (Å²) in [6.07, 6.45) is 4.41. The first-order valence-corrected chi connectivity index (χ1v) is 11.0. The van der Waals surface area contributed by atoms with Crippen LogP contribution in [-0.2, 0) is 18.6 Å². The number of fused-ring (bicyclic) bond motifs is 3. The van der Waals surface area contributed by atoms with Crippen molar-refractivity contribution in [2.24, 2.45) is 10.7 Å². The zero-order valence-corrected chi connectivity index (χ0v) is 16.8. The van der Waals surface area contributed by atoms with Gasteiger partial charge in [0.15, 0.2) is 5.17 Å². The van der Waals surface area contributed by atoms with Crippen LogP contribution in [0.4, 0.5) is 0 Å². The Morgan fingerprint density at radius 1 is 1.33 bits per heavy atom. The second-order valence-electron chi connectivity index (χ2n) is 6.75. The van der Waals surface area contributed by atoms with Crippen LogP contribution in [0.1, 0.15) is 47.6 Å². The summed E-state index contributed by atoms with van der Waals surface area (Å²) < 4.78 is 0. The average molecular weight is 399 g/mol. The van der Waals surface area contributed by atoms with Crippen LogP contribution in [0.5, 0.6) is 0 Å². The molecule has 0 spiro atoms. The maximum Gasteiger partial charge on any atom is 0.259 e. The number of thiophene rings is 1. The van der Waals surface area contributed by atoms with Gasteiger partial charge < -0.3 is 10.7 Å². The van der Waals surface area contributed by atoms with Crippen LogP contribution in [0, 0.1) is 0 Å². The van der Waals surface area contributed by atoms with Crippen molar-refractivity contribution in [2.45, 2.75) is 44.4 Å². The summed E-state index contributed by atoms with van der Waals surface area (Å²) in [5.41, 5.74) is 8.40. The van der Waals surface area contributed by atoms with E-state index >= 15 is 0 Å². The number of H-pyrrole nitrogens is 1. The molecule has 0 unspecified atom stereocenters. The first-order chi connectivity index (χ1) is 13.1. The van der Waals surface area contributed by atoms with Crippen molar-refractivity contribution in [3.8, 4) is 0 Å². The number of nitrogens with one attached hydrogen (secondary N) is 1. The fraction of sp³-hybridized carbons (Fsp3) is 0.350. The maximum atomic E-state index is 12.6. The van der Waals surface area contributed by atoms with E-state index in [1.165, 1.54) is 28.6 Å². The van der Waals surface area contributed by atoms with E-state index in [0.29, 0.717) is 16.7 Å². The third-order valence-corrected chi connectivity index (χ3v) is 6.84. The van der Waals surface area contributed by atoms with E-state index in [0.717, 1.165) is 35.0 Å². The van der Waals surface area contributed by atoms with Crippen LogP contribution < -0.4 is 11.3 Å². The Morgan fingerprint density at radius 3 is 2.93 bits per heavy atom. The number of nitrogens with two attached hydrogens (primary N) is 1. The predicted molar refractivity (Wildman–Crippen MR) is 115 cm³/mol. The highest BCUT2D eigenvalue weighted by atomic mass is 32.2. The standard InChI is InChI=1S/C20H22N4OS2/c1-12(13-7-3-2-4-8-13)22-20(21)26-11-16-23-18(25)17-14-9-5-6-10-15(14)27-19(17)24-16/h2-4,7-8,12H,5-6,9-11H2,1H3,(H2,21,22)(H,23,24,25)/t12-/m1/s1. The van der Waals surface area contributed by atoms with Crippen molar-refractivity contribution in [3.63, 3.8) is 0 Å². The summed E-state index contributed by atoms with van der Waals surface area (Å²) in [6, 6.07) is 10.1. The minimum Gasteiger partial charge on any atom is -0.379 e. The molecule has 1 atom stereocenters. The van der Waals surface area contributed by atoms with E-state index in [9.17, 15) is 4.79 Å². The zero-order chi connectivity index (χ0) is 18.8. The van der Waals surface area contributed by atoms with Crippen LogP contribution >= 0.6 is 23.1 Å². The maximum absolute atomic E-state index is 12.6. The van der Waals surface area contributed by atoms with Gasteiger partial charge in [-0.05, 0) is 43.7 Å². The molecule has 27 heavy (non-hydrogen) atoms. The molecule has 0 radical (unpaired) electrons. The number of aromatic nitrogens is 2. The summed E-state index contributed by atoms with van der Waals surface area (Å²) in [6.45, 7) is 2.02. The molecule has 5 nitrogen and oxygen atoms in total. The molecule has 0 bridgehead atoms. The largest absolute Gasteiger partial charge is 0.379 e. The van der Waals surface area contributed by atoms with Crippen LogP contribution in [-0.4, -0.2) is 15.1 Å². The molecule has 0 saturated carbocycles. The molecular weight excluding hydrogens is 376 g/mol. The van der Waals surface area contributed by atoms with E-state index in [1.54, 1.807) is 11.3 Å². The van der Waals surface area contributed by atoms with Gasteiger partial charge in [0.1, 0.15) is 10.7 Å². The van der Waals surface area contributed by atoms with E-state index < -0.39 is 0 Å². The molecular formula is C20H22N4OS2. The summed E-state index contributed by atoms with van der Waals surface area (Å²) >= 11 is 3.07. The van der Waals surface area contributed by atoms with E-state index in [1.807, 2.05) is 37.3 Å². The van der Waals surface area contributed by atoms with E-state index in [4.69, 9.17) is 5.73 Å². The number of aromatic amines is 1. The molecule has 0 aliphatic heterocycles. The second-order valence-corrected chi connectivity index (χ2v) is 8.83. The molecule has 140 valence electrons. The van der Waals surface area contributed by atoms with Gasteiger partial charge in [0.25, 0.3) is 5.56 Å². The summed E-state index contributed by atoms with van der Waals surface area (Å²) in [5, 5.41) is 1.29. The second kappa shape index (κ2) is 7.86. The Balaban J connectivity index is 1.50. The number of benzene rings is 1. The third kappa shape index (κ3) is 3.94. The lowest BCUT2D eigenvalue weighted by atomic mass is 9.97. The van der Waals surface area contributed by atoms with Gasteiger partial charge in [0.2, 0.25) is 0 Å². The van der Waals surface area contributed by atoms with Gasteiger partial charge in [-0.3, -0.25) is 9.79 Å². The Labute approximate surface area is 166 Å². The molecule has 0 amide bonds. The quantitative estimate of drug-likeness (QED) is 0.510. The predicted octanol–water partition coefficient (Wildman–Crippen LogP) is 4.17. The van der Waals surface area contributed by atoms with Gasteiger partial charge in [-0.1, -0.05) is 42.1 Å². The first-order valence-electron chi connectivity index (χ1n) is 9.16. The number of nitrogens with zero attached hydrogens (tertiary/aromatic N) is 2. The van der Waals surface area contributed by atoms with Crippen molar-refractivity contribution in [3.05, 3.63) is 62.5 Å². The summed E-state index contributed by atoms with van der Waals surface area (Å²) in [5.74, 6) is 1.16. The van der Waals surface area contributed by atoms with Crippen molar-refractivity contribution in [1.82, 2.24) is 9.97 Å². The lowest BCUT2D eigenvalue weighted by Crippen LogP contribution is -2.14. The Morgan fingerprint density at radius 2 is 2.11 bits per heavy atom. The zero-order valence-electron chi connectivity index (χ0n) is 15.2. The Kier molecular flexibility index (Phi) is 5.31. The van der Waals surface area contributed by atoms with Gasteiger partial charge in [-0.25, -0.2) is 4.98 Å². The number of aliphatic imine (C=N–C) groups is 1. The molecule has 0 saturated heterocycles. The van der Waals surface area contributed by atoms with Crippen molar-refractivity contribution in [1.29, 1.82) is 0 Å². The Hall–Kier alpha value is -2.12. The lowest BCUT2D eigenvalue weighted by molar-refractivity contribution is 0.700. The normalized spacial score (nSPS) is 15.7. The van der Waals surface area contributed by atoms with Crippen molar-refractivity contribution in [2.75, 3.05) is 0 Å². The number of rotatable bonds is 4. The number of hydrogen-bond acceptors (Lipinski definition) is 5. The first kappa shape index (κ1) is 18.3. The molecule has 3 aromatic rings. The number of hydrogen-bond donors (Lipinski definition) is 2. The molecule has 1 aromatic carbocycles. The van der Waals surface area contributed by atoms with Crippen LogP contribution in [0.15, 0.2) is 40.1 Å². The van der Waals surface area contributed by atoms with Crippen molar-refractivity contribution >= 4 is 38.5 Å². The molecule has 4 rings (SSSR count). The number of amidine groups is 1.